The van der Waals surface area contributed by atoms with Gasteiger partial charge >= 0.3 is 0 Å². The predicted molar refractivity (Wildman–Crippen MR) is 140 cm³/mol. The van der Waals surface area contributed by atoms with Gasteiger partial charge in [-0.3, -0.25) is 4.79 Å². The molecule has 178 valence electrons. The van der Waals surface area contributed by atoms with Crippen LogP contribution in [-0.4, -0.2) is 41.9 Å². The first-order chi connectivity index (χ1) is 17.1. The van der Waals surface area contributed by atoms with Gasteiger partial charge in [0, 0.05) is 56.1 Å². The highest BCUT2D eigenvalue weighted by Crippen LogP contribution is 2.29. The lowest BCUT2D eigenvalue weighted by molar-refractivity contribution is 0.0980. The van der Waals surface area contributed by atoms with Crippen molar-refractivity contribution in [3.8, 4) is 11.6 Å². The summed E-state index contributed by atoms with van der Waals surface area (Å²) in [6.07, 6.45) is 4.05. The van der Waals surface area contributed by atoms with Gasteiger partial charge in [-0.2, -0.15) is 0 Å². The van der Waals surface area contributed by atoms with Crippen molar-refractivity contribution < 1.29 is 9.53 Å². The minimum Gasteiger partial charge on any atom is -0.438 e. The number of pyridine rings is 2. The monoisotopic (exact) mass is 487 g/mol. The van der Waals surface area contributed by atoms with E-state index in [2.05, 4.69) is 20.2 Å². The molecular weight excluding hydrogens is 462 g/mol. The second-order valence-corrected chi connectivity index (χ2v) is 8.95. The van der Waals surface area contributed by atoms with Crippen LogP contribution in [0.3, 0.4) is 0 Å². The minimum absolute atomic E-state index is 0.0817. The largest absolute Gasteiger partial charge is 0.438 e. The molecule has 1 fully saturated rings. The number of aromatic nitrogens is 2. The van der Waals surface area contributed by atoms with Crippen molar-refractivity contribution in [2.24, 2.45) is 0 Å². The van der Waals surface area contributed by atoms with E-state index in [0.717, 1.165) is 48.2 Å². The van der Waals surface area contributed by atoms with E-state index in [9.17, 15) is 4.79 Å². The van der Waals surface area contributed by atoms with Gasteiger partial charge in [-0.25, -0.2) is 9.97 Å². The number of nitrogen functional groups attached to an aromatic ring is 1. The van der Waals surface area contributed by atoms with Crippen molar-refractivity contribution in [2.45, 2.75) is 12.8 Å². The van der Waals surface area contributed by atoms with E-state index in [1.54, 1.807) is 12.3 Å². The van der Waals surface area contributed by atoms with E-state index >= 15 is 0 Å². The fraction of sp³-hybridized carbons (Fsp3) is 0.222. The minimum atomic E-state index is -0.0817. The zero-order valence-corrected chi connectivity index (χ0v) is 20.0. The summed E-state index contributed by atoms with van der Waals surface area (Å²) in [4.78, 5) is 23.9. The maximum Gasteiger partial charge on any atom is 0.230 e. The van der Waals surface area contributed by atoms with Crippen molar-refractivity contribution in [1.82, 2.24) is 15.3 Å². The summed E-state index contributed by atoms with van der Waals surface area (Å²) in [6, 6.07) is 17.3. The molecule has 3 heterocycles. The number of hydrogen-bond donors (Lipinski definition) is 2. The summed E-state index contributed by atoms with van der Waals surface area (Å²) >= 11 is 6.17. The summed E-state index contributed by atoms with van der Waals surface area (Å²) in [5.74, 6) is 1.29. The lowest BCUT2D eigenvalue weighted by Crippen LogP contribution is -2.43. The highest BCUT2D eigenvalue weighted by molar-refractivity contribution is 6.30. The number of benzene rings is 2. The van der Waals surface area contributed by atoms with Crippen LogP contribution in [0, 0.1) is 0 Å². The van der Waals surface area contributed by atoms with Crippen molar-refractivity contribution in [1.29, 1.82) is 0 Å². The number of Topliss-reactive ketones (excluding diaryl/α,β-unsaturated/α-hetero) is 1. The second kappa shape index (κ2) is 10.3. The number of nitrogens with zero attached hydrogens (tertiary/aromatic N) is 3. The van der Waals surface area contributed by atoms with Gasteiger partial charge in [-0.05, 0) is 53.8 Å². The van der Waals surface area contributed by atoms with Crippen LogP contribution in [0.15, 0.2) is 67.0 Å². The normalized spacial score (nSPS) is 13.7. The Balaban J connectivity index is 1.29. The second-order valence-electron chi connectivity index (χ2n) is 8.51. The van der Waals surface area contributed by atoms with Gasteiger partial charge in [0.15, 0.2) is 5.78 Å². The molecule has 0 saturated carbocycles. The molecule has 0 atom stereocenters. The van der Waals surface area contributed by atoms with Gasteiger partial charge in [-0.15, -0.1) is 0 Å². The first-order valence-corrected chi connectivity index (χ1v) is 12.0. The van der Waals surface area contributed by atoms with Gasteiger partial charge in [0.05, 0.1) is 10.6 Å². The summed E-state index contributed by atoms with van der Waals surface area (Å²) in [6.45, 7) is 3.89. The number of carbonyl (C=O) groups is 1. The topological polar surface area (TPSA) is 93.4 Å². The molecule has 0 amide bonds. The van der Waals surface area contributed by atoms with E-state index < -0.39 is 0 Å². The summed E-state index contributed by atoms with van der Waals surface area (Å²) in [5.41, 5.74) is 8.50. The number of fused-ring (bicyclic) bond motifs is 1. The molecule has 1 aliphatic rings. The van der Waals surface area contributed by atoms with Crippen LogP contribution in [0.4, 0.5) is 11.5 Å². The van der Waals surface area contributed by atoms with Gasteiger partial charge in [0.25, 0.3) is 0 Å². The zero-order valence-electron chi connectivity index (χ0n) is 19.2. The quantitative estimate of drug-likeness (QED) is 0.359. The van der Waals surface area contributed by atoms with Crippen LogP contribution in [0.5, 0.6) is 11.6 Å². The standard InChI is InChI=1S/C27H26ClN5O2/c28-20-16-24(25(34)8-2-18-1-7-23-19(15-18)9-10-31-26(23)29)27(32-17-20)35-22-5-3-21(4-6-22)33-13-11-30-12-14-33/h1,3-7,9-10,15-17,30H,2,8,11-14H2,(H2,29,31). The van der Waals surface area contributed by atoms with E-state index in [1.807, 2.05) is 48.5 Å². The zero-order chi connectivity index (χ0) is 24.2. The van der Waals surface area contributed by atoms with Gasteiger partial charge < -0.3 is 20.7 Å². The number of ether oxygens (including phenoxy) is 1. The lowest BCUT2D eigenvalue weighted by atomic mass is 10.0. The van der Waals surface area contributed by atoms with Crippen LogP contribution in [0.25, 0.3) is 10.8 Å². The molecule has 2 aromatic carbocycles. The summed E-state index contributed by atoms with van der Waals surface area (Å²) in [5, 5.41) is 5.65. The van der Waals surface area contributed by atoms with Crippen molar-refractivity contribution in [3.05, 3.63) is 83.1 Å². The average Bonchev–Trinajstić information content (AvgIpc) is 2.89. The fourth-order valence-electron chi connectivity index (χ4n) is 4.27. The van der Waals surface area contributed by atoms with Crippen LogP contribution in [-0.2, 0) is 6.42 Å². The maximum absolute atomic E-state index is 13.1. The number of halogens is 1. The number of piperazine rings is 1. The Bertz CT molecular complexity index is 1350. The first-order valence-electron chi connectivity index (χ1n) is 11.6. The Labute approximate surface area is 208 Å². The first kappa shape index (κ1) is 23.1. The molecule has 7 nitrogen and oxygen atoms in total. The molecule has 4 aromatic rings. The van der Waals surface area contributed by atoms with Gasteiger partial charge in [0.2, 0.25) is 5.88 Å². The Hall–Kier alpha value is -3.68. The summed E-state index contributed by atoms with van der Waals surface area (Å²) < 4.78 is 6.01. The molecule has 0 unspecified atom stereocenters. The molecular formula is C27H26ClN5O2. The molecule has 5 rings (SSSR count). The highest BCUT2D eigenvalue weighted by Gasteiger charge is 2.17. The van der Waals surface area contributed by atoms with E-state index in [1.165, 1.54) is 6.20 Å². The number of nitrogens with two attached hydrogens (primary N) is 1. The number of ketones is 1. The Morgan fingerprint density at radius 3 is 2.66 bits per heavy atom. The molecule has 3 N–H and O–H groups in total. The number of hydrogen-bond acceptors (Lipinski definition) is 7. The maximum atomic E-state index is 13.1. The molecule has 1 saturated heterocycles. The lowest BCUT2D eigenvalue weighted by Gasteiger charge is -2.29. The van der Waals surface area contributed by atoms with Crippen LogP contribution >= 0.6 is 11.6 Å². The highest BCUT2D eigenvalue weighted by atomic mass is 35.5. The fourth-order valence-corrected chi connectivity index (χ4v) is 4.42. The Kier molecular flexibility index (Phi) is 6.79. The SMILES string of the molecule is Nc1nccc2cc(CCC(=O)c3cc(Cl)cnc3Oc3ccc(N4CCNCC4)cc3)ccc12. The number of carbonyl (C=O) groups excluding carboxylic acids is 1. The molecule has 2 aromatic heterocycles. The van der Waals surface area contributed by atoms with Crippen molar-refractivity contribution in [2.75, 3.05) is 36.8 Å². The third-order valence-corrected chi connectivity index (χ3v) is 6.36. The molecule has 0 radical (unpaired) electrons. The third kappa shape index (κ3) is 5.37. The molecule has 0 aliphatic carbocycles. The Morgan fingerprint density at radius 1 is 1.06 bits per heavy atom. The van der Waals surface area contributed by atoms with E-state index in [0.29, 0.717) is 35.0 Å². The smallest absolute Gasteiger partial charge is 0.230 e. The van der Waals surface area contributed by atoms with Crippen LogP contribution < -0.4 is 20.7 Å². The van der Waals surface area contributed by atoms with E-state index in [-0.39, 0.29) is 11.7 Å². The summed E-state index contributed by atoms with van der Waals surface area (Å²) in [7, 11) is 0. The van der Waals surface area contributed by atoms with Crippen LogP contribution in [0.1, 0.15) is 22.3 Å². The molecule has 35 heavy (non-hydrogen) atoms. The van der Waals surface area contributed by atoms with E-state index in [4.69, 9.17) is 22.1 Å². The number of rotatable bonds is 7. The number of aryl methyl sites for hydroxylation is 1. The van der Waals surface area contributed by atoms with Crippen LogP contribution in [0.2, 0.25) is 5.02 Å². The van der Waals surface area contributed by atoms with Crippen molar-refractivity contribution >= 4 is 39.7 Å². The average molecular weight is 488 g/mol. The number of anilines is 2. The van der Waals surface area contributed by atoms with Gasteiger partial charge in [-0.1, -0.05) is 29.8 Å². The van der Waals surface area contributed by atoms with Gasteiger partial charge in [0.1, 0.15) is 11.6 Å². The molecule has 8 heteroatoms. The Morgan fingerprint density at radius 2 is 1.86 bits per heavy atom. The predicted octanol–water partition coefficient (Wildman–Crippen LogP) is 4.88. The number of nitrogens with one attached hydrogen (secondary N) is 1. The molecule has 1 aliphatic heterocycles. The third-order valence-electron chi connectivity index (χ3n) is 6.15. The van der Waals surface area contributed by atoms with Crippen molar-refractivity contribution in [3.63, 3.8) is 0 Å². The molecule has 0 spiro atoms. The molecule has 0 bridgehead atoms.